The standard InChI is InChI=1S/C11H12N4O2/c12-9(16)5-6-13-11(17)10-7-3-1-2-4-8(7)14-15-10/h1-4H,5-6H2,(H2,12,16)(H,13,17)(H,14,15). The molecule has 0 fully saturated rings. The molecule has 17 heavy (non-hydrogen) atoms. The second-order valence-corrected chi connectivity index (χ2v) is 3.59. The number of nitrogens with two attached hydrogens (primary N) is 1. The Morgan fingerprint density at radius 1 is 1.35 bits per heavy atom. The Balaban J connectivity index is 2.11. The van der Waals surface area contributed by atoms with Crippen LogP contribution in [0.25, 0.3) is 10.9 Å². The fraction of sp³-hybridized carbons (Fsp3) is 0.182. The third-order valence-electron chi connectivity index (χ3n) is 2.34. The van der Waals surface area contributed by atoms with Crippen LogP contribution < -0.4 is 11.1 Å². The van der Waals surface area contributed by atoms with E-state index in [0.29, 0.717) is 5.69 Å². The zero-order valence-corrected chi connectivity index (χ0v) is 9.06. The van der Waals surface area contributed by atoms with E-state index in [1.165, 1.54) is 0 Å². The van der Waals surface area contributed by atoms with Gasteiger partial charge < -0.3 is 11.1 Å². The summed E-state index contributed by atoms with van der Waals surface area (Å²) in [6, 6.07) is 7.33. The van der Waals surface area contributed by atoms with Crippen LogP contribution in [0.5, 0.6) is 0 Å². The molecule has 6 heteroatoms. The molecule has 0 saturated heterocycles. The van der Waals surface area contributed by atoms with Crippen molar-refractivity contribution in [2.75, 3.05) is 6.54 Å². The van der Waals surface area contributed by atoms with Crippen LogP contribution >= 0.6 is 0 Å². The Kier molecular flexibility index (Phi) is 3.04. The van der Waals surface area contributed by atoms with Crippen molar-refractivity contribution in [3.63, 3.8) is 0 Å². The molecule has 2 rings (SSSR count). The number of carbonyl (C=O) groups excluding carboxylic acids is 2. The number of carbonyl (C=O) groups is 2. The van der Waals surface area contributed by atoms with Gasteiger partial charge in [0, 0.05) is 18.4 Å². The molecule has 0 aliphatic heterocycles. The Hall–Kier alpha value is -2.37. The summed E-state index contributed by atoms with van der Waals surface area (Å²) in [7, 11) is 0. The Bertz CT molecular complexity index is 561. The summed E-state index contributed by atoms with van der Waals surface area (Å²) in [6.07, 6.45) is 0.119. The molecule has 0 unspecified atom stereocenters. The number of aromatic amines is 1. The highest BCUT2D eigenvalue weighted by Gasteiger charge is 2.12. The smallest absolute Gasteiger partial charge is 0.272 e. The molecule has 0 atom stereocenters. The molecule has 2 amide bonds. The van der Waals surface area contributed by atoms with E-state index in [4.69, 9.17) is 5.73 Å². The predicted octanol–water partition coefficient (Wildman–Crippen LogP) is 0.168. The van der Waals surface area contributed by atoms with Gasteiger partial charge in [0.05, 0.1) is 5.52 Å². The first-order chi connectivity index (χ1) is 8.18. The molecule has 0 aliphatic rings. The quantitative estimate of drug-likeness (QED) is 0.700. The number of amides is 2. The highest BCUT2D eigenvalue weighted by atomic mass is 16.2. The molecule has 0 saturated carbocycles. The van der Waals surface area contributed by atoms with Crippen LogP contribution in [0.15, 0.2) is 24.3 Å². The van der Waals surface area contributed by atoms with Crippen LogP contribution in [-0.2, 0) is 4.79 Å². The van der Waals surface area contributed by atoms with Crippen molar-refractivity contribution in [1.82, 2.24) is 15.5 Å². The van der Waals surface area contributed by atoms with Crippen molar-refractivity contribution >= 4 is 22.7 Å². The minimum atomic E-state index is -0.447. The number of H-pyrrole nitrogens is 1. The molecule has 0 aliphatic carbocycles. The van der Waals surface area contributed by atoms with Crippen LogP contribution in [0.2, 0.25) is 0 Å². The SMILES string of the molecule is NC(=O)CCNC(=O)c1n[nH]c2ccccc12. The molecule has 4 N–H and O–H groups in total. The zero-order chi connectivity index (χ0) is 12.3. The number of nitrogens with one attached hydrogen (secondary N) is 2. The number of primary amides is 1. The summed E-state index contributed by atoms with van der Waals surface area (Å²) in [4.78, 5) is 22.3. The maximum absolute atomic E-state index is 11.8. The van der Waals surface area contributed by atoms with E-state index in [2.05, 4.69) is 15.5 Å². The first-order valence-electron chi connectivity index (χ1n) is 5.18. The van der Waals surface area contributed by atoms with Crippen molar-refractivity contribution in [2.24, 2.45) is 5.73 Å². The second-order valence-electron chi connectivity index (χ2n) is 3.59. The van der Waals surface area contributed by atoms with Gasteiger partial charge in [-0.1, -0.05) is 18.2 Å². The van der Waals surface area contributed by atoms with E-state index in [0.717, 1.165) is 10.9 Å². The summed E-state index contributed by atoms with van der Waals surface area (Å²) < 4.78 is 0. The molecular formula is C11H12N4O2. The average Bonchev–Trinajstić information content (AvgIpc) is 2.72. The number of nitrogens with zero attached hydrogens (tertiary/aromatic N) is 1. The van der Waals surface area contributed by atoms with Gasteiger partial charge >= 0.3 is 0 Å². The van der Waals surface area contributed by atoms with Crippen LogP contribution in [0.3, 0.4) is 0 Å². The van der Waals surface area contributed by atoms with Gasteiger partial charge in [-0.2, -0.15) is 5.10 Å². The van der Waals surface area contributed by atoms with E-state index in [1.807, 2.05) is 24.3 Å². The minimum Gasteiger partial charge on any atom is -0.370 e. The summed E-state index contributed by atoms with van der Waals surface area (Å²) in [5.74, 6) is -0.763. The second kappa shape index (κ2) is 4.65. The fourth-order valence-corrected chi connectivity index (χ4v) is 1.52. The van der Waals surface area contributed by atoms with Crippen LogP contribution in [0.1, 0.15) is 16.9 Å². The van der Waals surface area contributed by atoms with Crippen molar-refractivity contribution in [2.45, 2.75) is 6.42 Å². The molecular weight excluding hydrogens is 220 g/mol. The topological polar surface area (TPSA) is 101 Å². The number of benzene rings is 1. The first kappa shape index (κ1) is 11.1. The molecule has 1 aromatic carbocycles. The lowest BCUT2D eigenvalue weighted by Gasteiger charge is -2.00. The number of fused-ring (bicyclic) bond motifs is 1. The molecule has 0 bridgehead atoms. The van der Waals surface area contributed by atoms with Gasteiger partial charge in [-0.15, -0.1) is 0 Å². The number of hydrogen-bond acceptors (Lipinski definition) is 3. The van der Waals surface area contributed by atoms with Gasteiger partial charge in [0.25, 0.3) is 5.91 Å². The van der Waals surface area contributed by atoms with E-state index in [-0.39, 0.29) is 18.9 Å². The van der Waals surface area contributed by atoms with Crippen molar-refractivity contribution in [3.8, 4) is 0 Å². The van der Waals surface area contributed by atoms with E-state index in [1.54, 1.807) is 0 Å². The lowest BCUT2D eigenvalue weighted by molar-refractivity contribution is -0.117. The van der Waals surface area contributed by atoms with Gasteiger partial charge in [-0.25, -0.2) is 0 Å². The van der Waals surface area contributed by atoms with Gasteiger partial charge in [0.2, 0.25) is 5.91 Å². The summed E-state index contributed by atoms with van der Waals surface area (Å²) >= 11 is 0. The van der Waals surface area contributed by atoms with Crippen LogP contribution in [0, 0.1) is 0 Å². The Morgan fingerprint density at radius 2 is 2.12 bits per heavy atom. The maximum atomic E-state index is 11.8. The van der Waals surface area contributed by atoms with E-state index in [9.17, 15) is 9.59 Å². The number of rotatable bonds is 4. The lowest BCUT2D eigenvalue weighted by Crippen LogP contribution is -2.28. The summed E-state index contributed by atoms with van der Waals surface area (Å²) in [5.41, 5.74) is 6.10. The maximum Gasteiger partial charge on any atom is 0.272 e. The van der Waals surface area contributed by atoms with Crippen LogP contribution in [0.4, 0.5) is 0 Å². The average molecular weight is 232 g/mol. The first-order valence-corrected chi connectivity index (χ1v) is 5.18. The molecule has 1 heterocycles. The molecule has 2 aromatic rings. The highest BCUT2D eigenvalue weighted by molar-refractivity contribution is 6.04. The minimum absolute atomic E-state index is 0.119. The summed E-state index contributed by atoms with van der Waals surface area (Å²) in [5, 5.41) is 10.0. The van der Waals surface area contributed by atoms with Gasteiger partial charge in [0.15, 0.2) is 5.69 Å². The molecule has 6 nitrogen and oxygen atoms in total. The molecule has 88 valence electrons. The molecule has 0 spiro atoms. The third kappa shape index (κ3) is 2.41. The zero-order valence-electron chi connectivity index (χ0n) is 9.06. The van der Waals surface area contributed by atoms with Gasteiger partial charge in [-0.3, -0.25) is 14.7 Å². The lowest BCUT2D eigenvalue weighted by atomic mass is 10.2. The van der Waals surface area contributed by atoms with Crippen molar-refractivity contribution in [3.05, 3.63) is 30.0 Å². The Morgan fingerprint density at radius 3 is 2.88 bits per heavy atom. The van der Waals surface area contributed by atoms with E-state index >= 15 is 0 Å². The largest absolute Gasteiger partial charge is 0.370 e. The fourth-order valence-electron chi connectivity index (χ4n) is 1.52. The highest BCUT2D eigenvalue weighted by Crippen LogP contribution is 2.14. The number of aromatic nitrogens is 2. The van der Waals surface area contributed by atoms with Crippen molar-refractivity contribution < 1.29 is 9.59 Å². The van der Waals surface area contributed by atoms with Gasteiger partial charge in [-0.05, 0) is 6.07 Å². The predicted molar refractivity (Wildman–Crippen MR) is 62.2 cm³/mol. The Labute approximate surface area is 97.2 Å². The molecule has 0 radical (unpaired) electrons. The van der Waals surface area contributed by atoms with Gasteiger partial charge in [0.1, 0.15) is 0 Å². The number of para-hydroxylation sites is 1. The molecule has 1 aromatic heterocycles. The third-order valence-corrected chi connectivity index (χ3v) is 2.34. The number of hydrogen-bond donors (Lipinski definition) is 3. The van der Waals surface area contributed by atoms with E-state index < -0.39 is 5.91 Å². The monoisotopic (exact) mass is 232 g/mol. The van der Waals surface area contributed by atoms with Crippen molar-refractivity contribution in [1.29, 1.82) is 0 Å². The normalized spacial score (nSPS) is 10.4. The summed E-state index contributed by atoms with van der Waals surface area (Å²) in [6.45, 7) is 0.218. The van der Waals surface area contributed by atoms with Crippen LogP contribution in [-0.4, -0.2) is 28.6 Å².